The van der Waals surface area contributed by atoms with E-state index in [0.717, 1.165) is 25.7 Å². The first-order valence-electron chi connectivity index (χ1n) is 13.9. The number of nitrogens with zero attached hydrogens (tertiary/aromatic N) is 5. The van der Waals surface area contributed by atoms with Crippen LogP contribution < -0.4 is 21.3 Å². The van der Waals surface area contributed by atoms with Crippen LogP contribution in [0.1, 0.15) is 35.0 Å². The molecule has 4 heterocycles. The van der Waals surface area contributed by atoms with Crippen LogP contribution in [0.3, 0.4) is 0 Å². The number of fused-ring (bicyclic) bond motifs is 1. The van der Waals surface area contributed by atoms with Crippen molar-refractivity contribution >= 4 is 29.0 Å². The largest absolute Gasteiger partial charge is 0.435 e. The average molecular weight is 620 g/mol. The van der Waals surface area contributed by atoms with E-state index in [9.17, 15) is 31.5 Å². The summed E-state index contributed by atoms with van der Waals surface area (Å²) in [5.41, 5.74) is 0.0574. The maximum Gasteiger partial charge on any atom is 0.435 e. The van der Waals surface area contributed by atoms with Gasteiger partial charge >= 0.3 is 6.18 Å². The molecule has 3 aromatic heterocycles. The summed E-state index contributed by atoms with van der Waals surface area (Å²) in [4.78, 5) is 33.6. The van der Waals surface area contributed by atoms with Crippen molar-refractivity contribution in [3.05, 3.63) is 59.8 Å². The lowest BCUT2D eigenvalue weighted by atomic mass is 10.0. The fraction of sp³-hybridized carbons (Fsp3) is 0.393. The second-order valence-electron chi connectivity index (χ2n) is 10.3. The van der Waals surface area contributed by atoms with Crippen LogP contribution in [0.25, 0.3) is 16.9 Å². The van der Waals surface area contributed by atoms with Crippen molar-refractivity contribution in [2.45, 2.75) is 38.9 Å². The van der Waals surface area contributed by atoms with Crippen LogP contribution in [0.4, 0.5) is 33.5 Å². The number of hydrogen-bond acceptors (Lipinski definition) is 7. The van der Waals surface area contributed by atoms with Gasteiger partial charge in [-0.25, -0.2) is 18.7 Å². The van der Waals surface area contributed by atoms with Gasteiger partial charge < -0.3 is 21.3 Å². The fourth-order valence-electron chi connectivity index (χ4n) is 5.05. The highest BCUT2D eigenvalue weighted by Gasteiger charge is 2.38. The van der Waals surface area contributed by atoms with Crippen LogP contribution in [0.15, 0.2) is 43.0 Å². The molecule has 0 aliphatic carbocycles. The van der Waals surface area contributed by atoms with Crippen molar-refractivity contribution in [2.24, 2.45) is 5.92 Å². The van der Waals surface area contributed by atoms with Crippen LogP contribution in [0.2, 0.25) is 0 Å². The van der Waals surface area contributed by atoms with Crippen LogP contribution in [0.5, 0.6) is 0 Å². The van der Waals surface area contributed by atoms with Crippen LogP contribution in [0, 0.1) is 5.92 Å². The third-order valence-electron chi connectivity index (χ3n) is 7.21. The Kier molecular flexibility index (Phi) is 9.08. The van der Waals surface area contributed by atoms with Gasteiger partial charge in [-0.1, -0.05) is 6.92 Å². The van der Waals surface area contributed by atoms with Crippen LogP contribution >= 0.6 is 0 Å². The Labute approximate surface area is 248 Å². The van der Waals surface area contributed by atoms with Gasteiger partial charge in [-0.15, -0.1) is 0 Å². The molecule has 16 heteroatoms. The highest BCUT2D eigenvalue weighted by molar-refractivity contribution is 5.98. The zero-order valence-electron chi connectivity index (χ0n) is 23.6. The summed E-state index contributed by atoms with van der Waals surface area (Å²) in [6.07, 6.45) is -1.43. The van der Waals surface area contributed by atoms with Crippen molar-refractivity contribution in [1.29, 1.82) is 0 Å². The minimum Gasteiger partial charge on any atom is -0.354 e. The van der Waals surface area contributed by atoms with Crippen molar-refractivity contribution < 1.29 is 31.5 Å². The molecule has 1 fully saturated rings. The molecule has 5 rings (SSSR count). The maximum absolute atomic E-state index is 13.7. The lowest BCUT2D eigenvalue weighted by Gasteiger charge is -2.13. The standard InChI is InChI=1S/C28H30F5N9O2/c1-2-17-9-18(3-4-19(17)27(44)38-13-23(43)36-11-16-5-6-34-10-16)39-25-26-37-12-21(42(26)8-7-35-25)20-14-41(15-22(29)30)40-24(20)28(31,32)33/h3-4,7-9,12,14,16,22,34H,2,5-6,10-11,13,15H2,1H3,(H,35,39)(H,36,43)(H,38,44). The summed E-state index contributed by atoms with van der Waals surface area (Å²) in [5, 5.41) is 15.1. The van der Waals surface area contributed by atoms with Gasteiger partial charge in [0, 0.05) is 36.4 Å². The molecule has 0 spiro atoms. The molecule has 0 bridgehead atoms. The molecule has 1 atom stereocenters. The number of aryl methyl sites for hydroxylation is 1. The Morgan fingerprint density at radius 3 is 2.70 bits per heavy atom. The van der Waals surface area contributed by atoms with Crippen LogP contribution in [-0.4, -0.2) is 68.6 Å². The van der Waals surface area contributed by atoms with Crippen LogP contribution in [-0.2, 0) is 23.9 Å². The van der Waals surface area contributed by atoms with Gasteiger partial charge in [0.25, 0.3) is 12.3 Å². The predicted octanol–water partition coefficient (Wildman–Crippen LogP) is 3.64. The number of anilines is 2. The maximum atomic E-state index is 13.7. The molecule has 11 nitrogen and oxygen atoms in total. The third kappa shape index (κ3) is 6.96. The highest BCUT2D eigenvalue weighted by Crippen LogP contribution is 2.37. The quantitative estimate of drug-likeness (QED) is 0.189. The Morgan fingerprint density at radius 2 is 2.00 bits per heavy atom. The number of aromatic nitrogens is 5. The van der Waals surface area contributed by atoms with Gasteiger partial charge in [0.2, 0.25) is 5.91 Å². The van der Waals surface area contributed by atoms with Crippen molar-refractivity contribution in [1.82, 2.24) is 40.1 Å². The number of halogens is 5. The molecule has 1 aliphatic rings. The van der Waals surface area contributed by atoms with E-state index in [1.54, 1.807) is 18.2 Å². The zero-order valence-corrected chi connectivity index (χ0v) is 23.6. The van der Waals surface area contributed by atoms with Gasteiger partial charge in [-0.05, 0) is 55.6 Å². The number of alkyl halides is 5. The summed E-state index contributed by atoms with van der Waals surface area (Å²) in [7, 11) is 0. The number of benzene rings is 1. The van der Waals surface area contributed by atoms with E-state index < -0.39 is 36.3 Å². The molecule has 1 aliphatic heterocycles. The minimum absolute atomic E-state index is 0.0106. The Hall–Kier alpha value is -4.60. The number of carbonyl (C=O) groups is 2. The molecule has 234 valence electrons. The summed E-state index contributed by atoms with van der Waals surface area (Å²) in [6.45, 7) is 3.04. The summed E-state index contributed by atoms with van der Waals surface area (Å²) < 4.78 is 68.8. The SMILES string of the molecule is CCc1cc(Nc2nccn3c(-c4cn(CC(F)F)nc4C(F)(F)F)cnc23)ccc1C(=O)NCC(=O)NCC1CCNC1. The molecule has 0 saturated carbocycles. The average Bonchev–Trinajstić information content (AvgIpc) is 3.74. The summed E-state index contributed by atoms with van der Waals surface area (Å²) in [6, 6.07) is 4.96. The number of hydrogen-bond donors (Lipinski definition) is 4. The third-order valence-corrected chi connectivity index (χ3v) is 7.21. The first kappa shape index (κ1) is 30.8. The number of nitrogens with one attached hydrogen (secondary N) is 4. The Bertz CT molecular complexity index is 1640. The molecule has 1 saturated heterocycles. The molecular formula is C28H30F5N9O2. The van der Waals surface area contributed by atoms with Crippen molar-refractivity contribution in [3.63, 3.8) is 0 Å². The fourth-order valence-corrected chi connectivity index (χ4v) is 5.05. The first-order valence-corrected chi connectivity index (χ1v) is 13.9. The van der Waals surface area contributed by atoms with E-state index in [-0.39, 0.29) is 29.6 Å². The van der Waals surface area contributed by atoms with Gasteiger partial charge in [0.1, 0.15) is 6.54 Å². The molecule has 44 heavy (non-hydrogen) atoms. The summed E-state index contributed by atoms with van der Waals surface area (Å²) in [5.74, 6) is -0.0918. The molecule has 4 aromatic rings. The van der Waals surface area contributed by atoms with E-state index in [1.165, 1.54) is 23.0 Å². The molecule has 0 radical (unpaired) electrons. The molecule has 1 aromatic carbocycles. The van der Waals surface area contributed by atoms with Gasteiger partial charge in [-0.2, -0.15) is 18.3 Å². The lowest BCUT2D eigenvalue weighted by molar-refractivity contribution is -0.141. The van der Waals surface area contributed by atoms with Gasteiger partial charge in [0.05, 0.1) is 24.0 Å². The van der Waals surface area contributed by atoms with E-state index >= 15 is 0 Å². The normalized spacial score (nSPS) is 15.2. The van der Waals surface area contributed by atoms with E-state index in [4.69, 9.17) is 0 Å². The number of amides is 2. The molecular weight excluding hydrogens is 589 g/mol. The van der Waals surface area contributed by atoms with E-state index in [1.807, 2.05) is 6.92 Å². The topological polar surface area (TPSA) is 130 Å². The Balaban J connectivity index is 1.32. The lowest BCUT2D eigenvalue weighted by Crippen LogP contribution is -2.39. The number of imidazole rings is 1. The molecule has 1 unspecified atom stereocenters. The monoisotopic (exact) mass is 619 g/mol. The minimum atomic E-state index is -4.89. The first-order chi connectivity index (χ1) is 21.0. The number of carbonyl (C=O) groups excluding carboxylic acids is 2. The van der Waals surface area contributed by atoms with Crippen molar-refractivity contribution in [3.8, 4) is 11.3 Å². The zero-order chi connectivity index (χ0) is 31.4. The summed E-state index contributed by atoms with van der Waals surface area (Å²) >= 11 is 0. The molecule has 2 amide bonds. The number of rotatable bonds is 11. The molecule has 4 N–H and O–H groups in total. The van der Waals surface area contributed by atoms with Gasteiger partial charge in [0.15, 0.2) is 17.2 Å². The van der Waals surface area contributed by atoms with Gasteiger partial charge in [-0.3, -0.25) is 18.7 Å². The van der Waals surface area contributed by atoms with E-state index in [0.29, 0.717) is 40.4 Å². The second kappa shape index (κ2) is 13.0. The highest BCUT2D eigenvalue weighted by atomic mass is 19.4. The Morgan fingerprint density at radius 1 is 1.18 bits per heavy atom. The predicted molar refractivity (Wildman–Crippen MR) is 151 cm³/mol. The van der Waals surface area contributed by atoms with Crippen molar-refractivity contribution in [2.75, 3.05) is 31.5 Å². The smallest absolute Gasteiger partial charge is 0.354 e. The second-order valence-corrected chi connectivity index (χ2v) is 10.3. The van der Waals surface area contributed by atoms with E-state index in [2.05, 4.69) is 36.3 Å².